The van der Waals surface area contributed by atoms with E-state index in [1.807, 2.05) is 56.3 Å². The molecular formula is C22H25NO4S. The number of hydrogen-bond donors (Lipinski definition) is 0. The molecule has 0 bridgehead atoms. The van der Waals surface area contributed by atoms with Gasteiger partial charge in [-0.15, -0.1) is 11.8 Å². The molecule has 0 aliphatic carbocycles. The number of hydrogen-bond acceptors (Lipinski definition) is 5. The van der Waals surface area contributed by atoms with Crippen LogP contribution in [0.25, 0.3) is 10.9 Å². The van der Waals surface area contributed by atoms with Gasteiger partial charge >= 0.3 is 5.97 Å². The van der Waals surface area contributed by atoms with Crippen molar-refractivity contribution in [3.63, 3.8) is 0 Å². The van der Waals surface area contributed by atoms with Crippen LogP contribution in [-0.4, -0.2) is 36.1 Å². The summed E-state index contributed by atoms with van der Waals surface area (Å²) in [7, 11) is 3.09. The van der Waals surface area contributed by atoms with Crippen LogP contribution in [0.4, 0.5) is 0 Å². The molecule has 0 unspecified atom stereocenters. The van der Waals surface area contributed by atoms with Crippen molar-refractivity contribution < 1.29 is 19.0 Å². The van der Waals surface area contributed by atoms with Crippen LogP contribution < -0.4 is 9.47 Å². The molecule has 0 atom stereocenters. The fourth-order valence-electron chi connectivity index (χ4n) is 3.03. The van der Waals surface area contributed by atoms with Crippen molar-refractivity contribution in [3.05, 3.63) is 54.6 Å². The zero-order chi connectivity index (χ0) is 20.1. The van der Waals surface area contributed by atoms with E-state index in [1.165, 1.54) is 18.9 Å². The summed E-state index contributed by atoms with van der Waals surface area (Å²) in [6.45, 7) is 4.91. The maximum Gasteiger partial charge on any atom is 0.321 e. The lowest BCUT2D eigenvalue weighted by atomic mass is 10.2. The van der Waals surface area contributed by atoms with Gasteiger partial charge in [0.25, 0.3) is 0 Å². The summed E-state index contributed by atoms with van der Waals surface area (Å²) in [5.74, 6) is 1.36. The molecule has 3 aromatic rings. The van der Waals surface area contributed by atoms with Gasteiger partial charge in [-0.1, -0.05) is 18.2 Å². The topological polar surface area (TPSA) is 49.7 Å². The van der Waals surface area contributed by atoms with E-state index >= 15 is 0 Å². The zero-order valence-electron chi connectivity index (χ0n) is 16.6. The standard InChI is InChI=1S/C22H25NO4S/c1-22(2,21(24)26-4)28-18-11-9-17(10-12-18)27-14-13-23-19-8-6-5-7-16(19)15-20(23)25-3/h5-12,15H,13-14H2,1-4H3. The van der Waals surface area contributed by atoms with Gasteiger partial charge in [0.2, 0.25) is 0 Å². The van der Waals surface area contributed by atoms with Crippen LogP contribution in [0, 0.1) is 0 Å². The SMILES string of the molecule is COC(=O)C(C)(C)Sc1ccc(OCCn2c(OC)cc3ccccc32)cc1. The molecular weight excluding hydrogens is 374 g/mol. The van der Waals surface area contributed by atoms with Crippen LogP contribution in [0.2, 0.25) is 0 Å². The van der Waals surface area contributed by atoms with Crippen molar-refractivity contribution in [1.29, 1.82) is 0 Å². The Bertz CT molecular complexity index is 947. The van der Waals surface area contributed by atoms with Crippen LogP contribution in [0.5, 0.6) is 11.6 Å². The van der Waals surface area contributed by atoms with Crippen molar-refractivity contribution in [3.8, 4) is 11.6 Å². The van der Waals surface area contributed by atoms with Crippen molar-refractivity contribution in [2.45, 2.75) is 30.0 Å². The number of thioether (sulfide) groups is 1. The van der Waals surface area contributed by atoms with E-state index in [0.29, 0.717) is 13.2 Å². The van der Waals surface area contributed by atoms with Crippen molar-refractivity contribution in [1.82, 2.24) is 4.57 Å². The third-order valence-electron chi connectivity index (χ3n) is 4.44. The normalized spacial score (nSPS) is 11.4. The largest absolute Gasteiger partial charge is 0.492 e. The van der Waals surface area contributed by atoms with Crippen LogP contribution in [0.3, 0.4) is 0 Å². The summed E-state index contributed by atoms with van der Waals surface area (Å²) >= 11 is 1.46. The number of aromatic nitrogens is 1. The lowest BCUT2D eigenvalue weighted by molar-refractivity contribution is -0.142. The Kier molecular flexibility index (Phi) is 6.19. The Morgan fingerprint density at radius 2 is 1.79 bits per heavy atom. The predicted molar refractivity (Wildman–Crippen MR) is 112 cm³/mol. The minimum Gasteiger partial charge on any atom is -0.492 e. The molecule has 0 amide bonds. The van der Waals surface area contributed by atoms with Crippen LogP contribution in [0.1, 0.15) is 13.8 Å². The van der Waals surface area contributed by atoms with E-state index in [0.717, 1.165) is 27.4 Å². The summed E-state index contributed by atoms with van der Waals surface area (Å²) in [5, 5.41) is 1.15. The Hall–Kier alpha value is -2.60. The second-order valence-electron chi connectivity index (χ2n) is 6.82. The van der Waals surface area contributed by atoms with Crippen LogP contribution >= 0.6 is 11.8 Å². The first-order valence-corrected chi connectivity index (χ1v) is 9.89. The molecule has 0 saturated carbocycles. The number of carbonyl (C=O) groups is 1. The van der Waals surface area contributed by atoms with Crippen LogP contribution in [-0.2, 0) is 16.1 Å². The van der Waals surface area contributed by atoms with E-state index in [2.05, 4.69) is 16.7 Å². The average molecular weight is 400 g/mol. The van der Waals surface area contributed by atoms with Gasteiger partial charge in [-0.25, -0.2) is 0 Å². The van der Waals surface area contributed by atoms with Crippen molar-refractivity contribution >= 4 is 28.6 Å². The first-order chi connectivity index (χ1) is 13.4. The van der Waals surface area contributed by atoms with E-state index in [9.17, 15) is 4.79 Å². The number of ether oxygens (including phenoxy) is 3. The number of rotatable bonds is 8. The zero-order valence-corrected chi connectivity index (χ0v) is 17.4. The van der Waals surface area contributed by atoms with Crippen molar-refractivity contribution in [2.75, 3.05) is 20.8 Å². The maximum atomic E-state index is 11.8. The van der Waals surface area contributed by atoms with Gasteiger partial charge in [0.15, 0.2) is 5.88 Å². The van der Waals surface area contributed by atoms with E-state index in [1.54, 1.807) is 7.11 Å². The number of para-hydroxylation sites is 1. The highest BCUT2D eigenvalue weighted by atomic mass is 32.2. The molecule has 2 aromatic carbocycles. The summed E-state index contributed by atoms with van der Waals surface area (Å²) < 4.78 is 17.7. The first-order valence-electron chi connectivity index (χ1n) is 9.07. The molecule has 148 valence electrons. The second-order valence-corrected chi connectivity index (χ2v) is 8.52. The van der Waals surface area contributed by atoms with Crippen LogP contribution in [0.15, 0.2) is 59.5 Å². The fraction of sp³-hybridized carbons (Fsp3) is 0.318. The molecule has 5 nitrogen and oxygen atoms in total. The molecule has 0 radical (unpaired) electrons. The van der Waals surface area contributed by atoms with Gasteiger partial charge in [-0.2, -0.15) is 0 Å². The van der Waals surface area contributed by atoms with Gasteiger partial charge in [0.1, 0.15) is 17.1 Å². The Morgan fingerprint density at radius 3 is 2.46 bits per heavy atom. The average Bonchev–Trinajstić information content (AvgIpc) is 3.06. The third kappa shape index (κ3) is 4.44. The Labute approximate surface area is 169 Å². The van der Waals surface area contributed by atoms with Gasteiger partial charge in [-0.3, -0.25) is 4.79 Å². The van der Waals surface area contributed by atoms with Gasteiger partial charge in [0.05, 0.1) is 26.3 Å². The van der Waals surface area contributed by atoms with Gasteiger partial charge in [-0.05, 0) is 44.2 Å². The number of benzene rings is 2. The second kappa shape index (κ2) is 8.61. The minimum atomic E-state index is -0.636. The predicted octanol–water partition coefficient (Wildman–Crippen LogP) is 4.77. The third-order valence-corrected chi connectivity index (χ3v) is 5.62. The van der Waals surface area contributed by atoms with Crippen molar-refractivity contribution in [2.24, 2.45) is 0 Å². The van der Waals surface area contributed by atoms with Gasteiger partial charge < -0.3 is 18.8 Å². The molecule has 0 saturated heterocycles. The molecule has 0 spiro atoms. The molecule has 0 aliphatic rings. The first kappa shape index (κ1) is 20.1. The number of carbonyl (C=O) groups excluding carboxylic acids is 1. The molecule has 3 rings (SSSR count). The smallest absolute Gasteiger partial charge is 0.321 e. The fourth-order valence-corrected chi connectivity index (χ4v) is 4.05. The maximum absolute atomic E-state index is 11.8. The molecule has 1 heterocycles. The Balaban J connectivity index is 1.61. The quantitative estimate of drug-likeness (QED) is 0.403. The monoisotopic (exact) mass is 399 g/mol. The highest BCUT2D eigenvalue weighted by molar-refractivity contribution is 8.01. The highest BCUT2D eigenvalue weighted by Crippen LogP contribution is 2.34. The van der Waals surface area contributed by atoms with E-state index in [-0.39, 0.29) is 5.97 Å². The Morgan fingerprint density at radius 1 is 1.07 bits per heavy atom. The molecule has 28 heavy (non-hydrogen) atoms. The highest BCUT2D eigenvalue weighted by Gasteiger charge is 2.29. The van der Waals surface area contributed by atoms with E-state index in [4.69, 9.17) is 14.2 Å². The minimum absolute atomic E-state index is 0.245. The number of esters is 1. The van der Waals surface area contributed by atoms with Gasteiger partial charge in [0, 0.05) is 16.3 Å². The molecule has 6 heteroatoms. The number of methoxy groups -OCH3 is 2. The van der Waals surface area contributed by atoms with E-state index < -0.39 is 4.75 Å². The summed E-state index contributed by atoms with van der Waals surface area (Å²) in [6, 6.07) is 18.0. The number of fused-ring (bicyclic) bond motifs is 1. The molecule has 0 fully saturated rings. The summed E-state index contributed by atoms with van der Waals surface area (Å²) in [4.78, 5) is 12.8. The molecule has 0 N–H and O–H groups in total. The lowest BCUT2D eigenvalue weighted by Crippen LogP contribution is -2.28. The summed E-state index contributed by atoms with van der Waals surface area (Å²) in [5.41, 5.74) is 1.12. The molecule has 1 aromatic heterocycles. The summed E-state index contributed by atoms with van der Waals surface area (Å²) in [6.07, 6.45) is 0. The molecule has 0 aliphatic heterocycles. The number of nitrogens with zero attached hydrogens (tertiary/aromatic N) is 1. The lowest BCUT2D eigenvalue weighted by Gasteiger charge is -2.20.